The molecule has 8 heteroatoms. The van der Waals surface area contributed by atoms with Gasteiger partial charge in [0.1, 0.15) is 5.82 Å². The predicted molar refractivity (Wildman–Crippen MR) is 109 cm³/mol. The summed E-state index contributed by atoms with van der Waals surface area (Å²) in [5.74, 6) is -0.872. The van der Waals surface area contributed by atoms with Crippen molar-refractivity contribution in [2.75, 3.05) is 31.5 Å². The van der Waals surface area contributed by atoms with Gasteiger partial charge in [-0.25, -0.2) is 4.39 Å². The molecule has 0 radical (unpaired) electrons. The molecule has 2 aromatic carbocycles. The fourth-order valence-electron chi connectivity index (χ4n) is 3.24. The van der Waals surface area contributed by atoms with Gasteiger partial charge >= 0.3 is 0 Å². The minimum atomic E-state index is -0.505. The number of nitrogens with zero attached hydrogens (tertiary/aromatic N) is 1. The zero-order valence-corrected chi connectivity index (χ0v) is 16.2. The average Bonchev–Trinajstić information content (AvgIpc) is 2.67. The number of anilines is 1. The lowest BCUT2D eigenvalue weighted by molar-refractivity contribution is -0.116. The van der Waals surface area contributed by atoms with Gasteiger partial charge in [-0.2, -0.15) is 0 Å². The Balaban J connectivity index is 0.00000280. The van der Waals surface area contributed by atoms with Crippen molar-refractivity contribution in [1.29, 1.82) is 0 Å². The van der Waals surface area contributed by atoms with Crippen LogP contribution in [-0.4, -0.2) is 42.9 Å². The Bertz CT molecular complexity index is 816. The van der Waals surface area contributed by atoms with Crippen LogP contribution in [0.1, 0.15) is 28.4 Å². The molecule has 2 amide bonds. The third-order valence-electron chi connectivity index (χ3n) is 4.67. The number of hydrogen-bond donors (Lipinski definition) is 3. The van der Waals surface area contributed by atoms with E-state index in [1.165, 1.54) is 6.07 Å². The second-order valence-corrected chi connectivity index (χ2v) is 6.55. The molecule has 6 nitrogen and oxygen atoms in total. The summed E-state index contributed by atoms with van der Waals surface area (Å²) in [5, 5.41) is 6.14. The third kappa shape index (κ3) is 5.76. The van der Waals surface area contributed by atoms with E-state index in [-0.39, 0.29) is 30.2 Å². The first-order valence-corrected chi connectivity index (χ1v) is 8.93. The van der Waals surface area contributed by atoms with E-state index in [2.05, 4.69) is 15.5 Å². The minimum Gasteiger partial charge on any atom is -0.366 e. The second kappa shape index (κ2) is 10.2. The largest absolute Gasteiger partial charge is 0.366 e. The summed E-state index contributed by atoms with van der Waals surface area (Å²) in [6, 6.07) is 13.1. The van der Waals surface area contributed by atoms with Crippen LogP contribution in [0.4, 0.5) is 10.1 Å². The molecule has 1 fully saturated rings. The fraction of sp³-hybridized carbons (Fsp3) is 0.300. The predicted octanol–water partition coefficient (Wildman–Crippen LogP) is 2.32. The molecule has 0 saturated carbocycles. The van der Waals surface area contributed by atoms with Gasteiger partial charge in [-0.05, 0) is 42.0 Å². The number of carbonyl (C=O) groups excluding carboxylic acids is 2. The standard InChI is InChI=1S/C20H23FN4O2.ClH/c21-16-3-1-2-15(12-16)18-13-23-9-11-25(18)10-8-19(26)24-17-6-4-14(5-7-17)20(22)27;/h1-7,12,18,23H,8-11,13H2,(H2,22,27)(H,24,26);1H. The first-order chi connectivity index (χ1) is 13.0. The maximum Gasteiger partial charge on any atom is 0.248 e. The summed E-state index contributed by atoms with van der Waals surface area (Å²) >= 11 is 0. The molecule has 0 aromatic heterocycles. The quantitative estimate of drug-likeness (QED) is 0.687. The molecule has 2 aromatic rings. The molecular formula is C20H24ClFN4O2. The number of halogens is 2. The minimum absolute atomic E-state index is 0. The van der Waals surface area contributed by atoms with Crippen molar-refractivity contribution in [3.05, 3.63) is 65.5 Å². The van der Waals surface area contributed by atoms with Gasteiger partial charge in [0.15, 0.2) is 0 Å². The summed E-state index contributed by atoms with van der Waals surface area (Å²) in [6.45, 7) is 2.93. The number of hydrogen-bond acceptors (Lipinski definition) is 4. The lowest BCUT2D eigenvalue weighted by Gasteiger charge is -2.36. The SMILES string of the molecule is Cl.NC(=O)c1ccc(NC(=O)CCN2CCNCC2c2cccc(F)c2)cc1. The molecule has 0 aliphatic carbocycles. The number of benzene rings is 2. The van der Waals surface area contributed by atoms with Crippen LogP contribution in [0.5, 0.6) is 0 Å². The molecule has 1 heterocycles. The second-order valence-electron chi connectivity index (χ2n) is 6.55. The normalized spacial score (nSPS) is 16.8. The maximum atomic E-state index is 13.6. The van der Waals surface area contributed by atoms with Crippen LogP contribution in [0.2, 0.25) is 0 Å². The molecular weight excluding hydrogens is 383 g/mol. The van der Waals surface area contributed by atoms with E-state index in [0.29, 0.717) is 24.2 Å². The van der Waals surface area contributed by atoms with E-state index in [4.69, 9.17) is 5.73 Å². The lowest BCUT2D eigenvalue weighted by Crippen LogP contribution is -2.46. The van der Waals surface area contributed by atoms with Crippen molar-refractivity contribution in [3.63, 3.8) is 0 Å². The van der Waals surface area contributed by atoms with E-state index in [1.807, 2.05) is 6.07 Å². The van der Waals surface area contributed by atoms with Gasteiger partial charge in [0.25, 0.3) is 0 Å². The molecule has 150 valence electrons. The van der Waals surface area contributed by atoms with E-state index in [1.54, 1.807) is 36.4 Å². The smallest absolute Gasteiger partial charge is 0.248 e. The summed E-state index contributed by atoms with van der Waals surface area (Å²) in [5.41, 5.74) is 7.13. The van der Waals surface area contributed by atoms with Gasteiger partial charge in [0.05, 0.1) is 0 Å². The summed E-state index contributed by atoms with van der Waals surface area (Å²) in [7, 11) is 0. The lowest BCUT2D eigenvalue weighted by atomic mass is 10.0. The third-order valence-corrected chi connectivity index (χ3v) is 4.67. The zero-order valence-electron chi connectivity index (χ0n) is 15.4. The Hall–Kier alpha value is -2.48. The Kier molecular flexibility index (Phi) is 7.92. The van der Waals surface area contributed by atoms with Crippen LogP contribution < -0.4 is 16.4 Å². The Morgan fingerprint density at radius 1 is 1.21 bits per heavy atom. The van der Waals surface area contributed by atoms with Gasteiger partial charge in [0, 0.05) is 49.9 Å². The molecule has 1 aliphatic heterocycles. The number of carbonyl (C=O) groups is 2. The fourth-order valence-corrected chi connectivity index (χ4v) is 3.24. The van der Waals surface area contributed by atoms with E-state index in [0.717, 1.165) is 25.2 Å². The van der Waals surface area contributed by atoms with Crippen molar-refractivity contribution in [1.82, 2.24) is 10.2 Å². The van der Waals surface area contributed by atoms with Gasteiger partial charge < -0.3 is 16.4 Å². The first kappa shape index (κ1) is 21.8. The van der Waals surface area contributed by atoms with Crippen LogP contribution >= 0.6 is 12.4 Å². The molecule has 28 heavy (non-hydrogen) atoms. The highest BCUT2D eigenvalue weighted by Gasteiger charge is 2.24. The van der Waals surface area contributed by atoms with Crippen LogP contribution in [0.25, 0.3) is 0 Å². The molecule has 1 aliphatic rings. The topological polar surface area (TPSA) is 87.5 Å². The number of nitrogens with one attached hydrogen (secondary N) is 2. The first-order valence-electron chi connectivity index (χ1n) is 8.93. The van der Waals surface area contributed by atoms with E-state index < -0.39 is 5.91 Å². The zero-order chi connectivity index (χ0) is 19.2. The Morgan fingerprint density at radius 3 is 2.64 bits per heavy atom. The molecule has 0 spiro atoms. The summed E-state index contributed by atoms with van der Waals surface area (Å²) in [6.07, 6.45) is 0.323. The monoisotopic (exact) mass is 406 g/mol. The average molecular weight is 407 g/mol. The van der Waals surface area contributed by atoms with Crippen molar-refractivity contribution in [2.45, 2.75) is 12.5 Å². The summed E-state index contributed by atoms with van der Waals surface area (Å²) in [4.78, 5) is 25.5. The van der Waals surface area contributed by atoms with E-state index >= 15 is 0 Å². The van der Waals surface area contributed by atoms with Crippen molar-refractivity contribution >= 4 is 29.9 Å². The van der Waals surface area contributed by atoms with Crippen LogP contribution in [-0.2, 0) is 4.79 Å². The van der Waals surface area contributed by atoms with Gasteiger partial charge in [-0.15, -0.1) is 12.4 Å². The van der Waals surface area contributed by atoms with Gasteiger partial charge in [0.2, 0.25) is 11.8 Å². The van der Waals surface area contributed by atoms with Crippen molar-refractivity contribution in [3.8, 4) is 0 Å². The molecule has 1 unspecified atom stereocenters. The van der Waals surface area contributed by atoms with E-state index in [9.17, 15) is 14.0 Å². The van der Waals surface area contributed by atoms with Crippen molar-refractivity contribution < 1.29 is 14.0 Å². The Morgan fingerprint density at radius 2 is 1.96 bits per heavy atom. The molecule has 1 saturated heterocycles. The summed E-state index contributed by atoms with van der Waals surface area (Å²) < 4.78 is 13.6. The molecule has 1 atom stereocenters. The maximum absolute atomic E-state index is 13.6. The number of rotatable bonds is 6. The Labute approximate surface area is 169 Å². The van der Waals surface area contributed by atoms with Gasteiger partial charge in [-0.3, -0.25) is 14.5 Å². The van der Waals surface area contributed by atoms with Crippen molar-refractivity contribution in [2.24, 2.45) is 5.73 Å². The van der Waals surface area contributed by atoms with Crippen LogP contribution in [0, 0.1) is 5.82 Å². The highest BCUT2D eigenvalue weighted by atomic mass is 35.5. The molecule has 0 bridgehead atoms. The van der Waals surface area contributed by atoms with Gasteiger partial charge in [-0.1, -0.05) is 12.1 Å². The molecule has 3 rings (SSSR count). The number of amides is 2. The highest BCUT2D eigenvalue weighted by molar-refractivity contribution is 5.94. The van der Waals surface area contributed by atoms with Crippen LogP contribution in [0.15, 0.2) is 48.5 Å². The molecule has 4 N–H and O–H groups in total. The number of primary amides is 1. The number of nitrogens with two attached hydrogens (primary N) is 1. The number of piperazine rings is 1. The van der Waals surface area contributed by atoms with Crippen LogP contribution in [0.3, 0.4) is 0 Å². The highest BCUT2D eigenvalue weighted by Crippen LogP contribution is 2.23.